The molecule has 0 aliphatic heterocycles. The lowest BCUT2D eigenvalue weighted by atomic mass is 10.4. The lowest BCUT2D eigenvalue weighted by molar-refractivity contribution is 0.0779. The van der Waals surface area contributed by atoms with Gasteiger partial charge in [0.1, 0.15) is 11.5 Å². The van der Waals surface area contributed by atoms with E-state index in [1.165, 1.54) is 12.4 Å². The van der Waals surface area contributed by atoms with E-state index in [4.69, 9.17) is 5.73 Å². The van der Waals surface area contributed by atoms with E-state index in [9.17, 15) is 4.79 Å². The van der Waals surface area contributed by atoms with Crippen LogP contribution in [0.3, 0.4) is 0 Å². The molecule has 1 amide bonds. The molecule has 1 aliphatic rings. The zero-order valence-corrected chi connectivity index (χ0v) is 7.97. The fraction of sp³-hybridized carbons (Fsp3) is 0.444. The molecule has 14 heavy (non-hydrogen) atoms. The molecule has 1 aromatic rings. The van der Waals surface area contributed by atoms with E-state index in [-0.39, 0.29) is 11.7 Å². The summed E-state index contributed by atoms with van der Waals surface area (Å²) in [6.45, 7) is 0. The summed E-state index contributed by atoms with van der Waals surface area (Å²) < 4.78 is 0. The van der Waals surface area contributed by atoms with E-state index in [0.717, 1.165) is 12.8 Å². The van der Waals surface area contributed by atoms with Crippen molar-refractivity contribution in [3.63, 3.8) is 0 Å². The summed E-state index contributed by atoms with van der Waals surface area (Å²) in [5.74, 6) is 0.173. The number of rotatable bonds is 2. The smallest absolute Gasteiger partial charge is 0.274 e. The van der Waals surface area contributed by atoms with Crippen molar-refractivity contribution < 1.29 is 4.79 Å². The van der Waals surface area contributed by atoms with Gasteiger partial charge in [-0.05, 0) is 12.8 Å². The first-order valence-electron chi connectivity index (χ1n) is 4.53. The second kappa shape index (κ2) is 3.25. The normalized spacial score (nSPS) is 15.2. The lowest BCUT2D eigenvalue weighted by Gasteiger charge is -2.15. The van der Waals surface area contributed by atoms with Gasteiger partial charge in [0.05, 0.1) is 12.4 Å². The minimum Gasteiger partial charge on any atom is -0.382 e. The van der Waals surface area contributed by atoms with Crippen molar-refractivity contribution >= 4 is 11.7 Å². The van der Waals surface area contributed by atoms with E-state index in [0.29, 0.717) is 11.7 Å². The minimum absolute atomic E-state index is 0.104. The SMILES string of the molecule is CN(C(=O)c1cncc(N)n1)C1CC1. The van der Waals surface area contributed by atoms with Gasteiger partial charge < -0.3 is 10.6 Å². The molecule has 5 nitrogen and oxygen atoms in total. The van der Waals surface area contributed by atoms with Gasteiger partial charge in [-0.3, -0.25) is 9.78 Å². The first-order chi connectivity index (χ1) is 6.68. The van der Waals surface area contributed by atoms with E-state index in [2.05, 4.69) is 9.97 Å². The number of carbonyl (C=O) groups is 1. The van der Waals surface area contributed by atoms with Crippen LogP contribution < -0.4 is 5.73 Å². The summed E-state index contributed by atoms with van der Waals surface area (Å²) in [4.78, 5) is 21.2. The average molecular weight is 192 g/mol. The largest absolute Gasteiger partial charge is 0.382 e. The zero-order valence-electron chi connectivity index (χ0n) is 7.97. The maximum atomic E-state index is 11.7. The Bertz CT molecular complexity index is 362. The molecule has 2 rings (SSSR count). The van der Waals surface area contributed by atoms with Crippen molar-refractivity contribution in [1.82, 2.24) is 14.9 Å². The second-order valence-electron chi connectivity index (χ2n) is 3.48. The summed E-state index contributed by atoms with van der Waals surface area (Å²) in [5.41, 5.74) is 5.76. The molecule has 1 heterocycles. The molecule has 1 fully saturated rings. The summed E-state index contributed by atoms with van der Waals surface area (Å²) in [6, 6.07) is 0.380. The Labute approximate surface area is 82.0 Å². The summed E-state index contributed by atoms with van der Waals surface area (Å²) in [6.07, 6.45) is 5.03. The van der Waals surface area contributed by atoms with Gasteiger partial charge in [-0.15, -0.1) is 0 Å². The molecule has 0 radical (unpaired) electrons. The lowest BCUT2D eigenvalue weighted by Crippen LogP contribution is -2.29. The highest BCUT2D eigenvalue weighted by Crippen LogP contribution is 2.26. The van der Waals surface area contributed by atoms with Gasteiger partial charge in [-0.1, -0.05) is 0 Å². The number of aromatic nitrogens is 2. The van der Waals surface area contributed by atoms with E-state index < -0.39 is 0 Å². The van der Waals surface area contributed by atoms with E-state index >= 15 is 0 Å². The number of nitrogen functional groups attached to an aromatic ring is 1. The van der Waals surface area contributed by atoms with Crippen LogP contribution in [0.4, 0.5) is 5.82 Å². The Balaban J connectivity index is 2.17. The standard InChI is InChI=1S/C9H12N4O/c1-13(6-2-3-6)9(14)7-4-11-5-8(10)12-7/h4-6H,2-3H2,1H3,(H2,10,12). The predicted molar refractivity (Wildman–Crippen MR) is 51.6 cm³/mol. The third-order valence-electron chi connectivity index (χ3n) is 2.29. The average Bonchev–Trinajstić information content (AvgIpc) is 2.99. The Morgan fingerprint density at radius 2 is 2.29 bits per heavy atom. The van der Waals surface area contributed by atoms with Crippen LogP contribution in [0.1, 0.15) is 23.3 Å². The van der Waals surface area contributed by atoms with Gasteiger partial charge in [0.15, 0.2) is 0 Å². The first kappa shape index (κ1) is 8.93. The number of anilines is 1. The van der Waals surface area contributed by atoms with Crippen LogP contribution in [0.2, 0.25) is 0 Å². The quantitative estimate of drug-likeness (QED) is 0.731. The van der Waals surface area contributed by atoms with Crippen LogP contribution in [-0.2, 0) is 0 Å². The number of carbonyl (C=O) groups excluding carboxylic acids is 1. The van der Waals surface area contributed by atoms with Gasteiger partial charge in [0.2, 0.25) is 0 Å². The third-order valence-corrected chi connectivity index (χ3v) is 2.29. The Morgan fingerprint density at radius 3 is 2.86 bits per heavy atom. The van der Waals surface area contributed by atoms with Crippen LogP contribution in [0.5, 0.6) is 0 Å². The molecular weight excluding hydrogens is 180 g/mol. The maximum Gasteiger partial charge on any atom is 0.274 e. The van der Waals surface area contributed by atoms with Gasteiger partial charge in [-0.2, -0.15) is 0 Å². The molecule has 0 unspecified atom stereocenters. The highest BCUT2D eigenvalue weighted by atomic mass is 16.2. The molecule has 1 saturated carbocycles. The van der Waals surface area contributed by atoms with Gasteiger partial charge in [0, 0.05) is 13.1 Å². The summed E-state index contributed by atoms with van der Waals surface area (Å²) >= 11 is 0. The minimum atomic E-state index is -0.104. The Hall–Kier alpha value is -1.65. The number of hydrogen-bond donors (Lipinski definition) is 1. The molecule has 1 aromatic heterocycles. The molecule has 0 aromatic carbocycles. The topological polar surface area (TPSA) is 72.1 Å². The van der Waals surface area contributed by atoms with Crippen LogP contribution in [-0.4, -0.2) is 33.9 Å². The molecule has 0 spiro atoms. The monoisotopic (exact) mass is 192 g/mol. The summed E-state index contributed by atoms with van der Waals surface area (Å²) in [7, 11) is 1.78. The molecule has 0 atom stereocenters. The predicted octanol–water partition coefficient (Wildman–Crippen LogP) is 0.293. The summed E-state index contributed by atoms with van der Waals surface area (Å²) in [5, 5.41) is 0. The Morgan fingerprint density at radius 1 is 1.57 bits per heavy atom. The van der Waals surface area contributed by atoms with Crippen molar-refractivity contribution in [3.8, 4) is 0 Å². The zero-order chi connectivity index (χ0) is 10.1. The maximum absolute atomic E-state index is 11.7. The number of nitrogens with two attached hydrogens (primary N) is 1. The van der Waals surface area contributed by atoms with E-state index in [1.807, 2.05) is 0 Å². The second-order valence-corrected chi connectivity index (χ2v) is 3.48. The molecule has 0 saturated heterocycles. The molecular formula is C9H12N4O. The van der Waals surface area contributed by atoms with Crippen LogP contribution >= 0.6 is 0 Å². The molecule has 0 bridgehead atoms. The third kappa shape index (κ3) is 1.66. The van der Waals surface area contributed by atoms with Crippen LogP contribution in [0.15, 0.2) is 12.4 Å². The molecule has 5 heteroatoms. The Kier molecular flexibility index (Phi) is 2.07. The number of amides is 1. The van der Waals surface area contributed by atoms with Crippen molar-refractivity contribution in [3.05, 3.63) is 18.1 Å². The fourth-order valence-corrected chi connectivity index (χ4v) is 1.29. The van der Waals surface area contributed by atoms with Crippen molar-refractivity contribution in [2.24, 2.45) is 0 Å². The first-order valence-corrected chi connectivity index (χ1v) is 4.53. The fourth-order valence-electron chi connectivity index (χ4n) is 1.29. The number of hydrogen-bond acceptors (Lipinski definition) is 4. The highest BCUT2D eigenvalue weighted by Gasteiger charge is 2.30. The van der Waals surface area contributed by atoms with Gasteiger partial charge in [-0.25, -0.2) is 4.98 Å². The van der Waals surface area contributed by atoms with Crippen LogP contribution in [0.25, 0.3) is 0 Å². The van der Waals surface area contributed by atoms with Crippen molar-refractivity contribution in [2.75, 3.05) is 12.8 Å². The molecule has 2 N–H and O–H groups in total. The van der Waals surface area contributed by atoms with Gasteiger partial charge in [0.25, 0.3) is 5.91 Å². The molecule has 1 aliphatic carbocycles. The van der Waals surface area contributed by atoms with Crippen molar-refractivity contribution in [2.45, 2.75) is 18.9 Å². The number of nitrogens with zero attached hydrogens (tertiary/aromatic N) is 3. The van der Waals surface area contributed by atoms with E-state index in [1.54, 1.807) is 11.9 Å². The molecule has 74 valence electrons. The van der Waals surface area contributed by atoms with Gasteiger partial charge >= 0.3 is 0 Å². The highest BCUT2D eigenvalue weighted by molar-refractivity contribution is 5.92. The van der Waals surface area contributed by atoms with Crippen molar-refractivity contribution in [1.29, 1.82) is 0 Å². The van der Waals surface area contributed by atoms with Crippen LogP contribution in [0, 0.1) is 0 Å².